The number of nitrogens with zero attached hydrogens (tertiary/aromatic N) is 1. The molecular weight excluding hydrogens is 266 g/mol. The van der Waals surface area contributed by atoms with Crippen LogP contribution in [-0.2, 0) is 4.74 Å². The Morgan fingerprint density at radius 1 is 1.48 bits per heavy atom. The minimum atomic E-state index is -0.150. The predicted octanol–water partition coefficient (Wildman–Crippen LogP) is 1.18. The van der Waals surface area contributed by atoms with E-state index >= 15 is 0 Å². The quantitative estimate of drug-likeness (QED) is 0.584. The largest absolute Gasteiger partial charge is 0.381 e. The van der Waals surface area contributed by atoms with E-state index in [-0.39, 0.29) is 12.5 Å². The molecule has 0 aliphatic carbocycles. The fourth-order valence-corrected chi connectivity index (χ4v) is 1.58. The maximum Gasteiger partial charge on any atom is 0.252 e. The maximum atomic E-state index is 11.9. The molecule has 0 bridgehead atoms. The lowest BCUT2D eigenvalue weighted by Crippen LogP contribution is -2.25. The van der Waals surface area contributed by atoms with Gasteiger partial charge in [0.05, 0.1) is 12.1 Å². The number of ether oxygens (including phenoxy) is 1. The summed E-state index contributed by atoms with van der Waals surface area (Å²) in [5, 5.41) is 2.84. The molecule has 0 atom stereocenters. The molecule has 1 rings (SSSR count). The lowest BCUT2D eigenvalue weighted by molar-refractivity contribution is 0.0924. The highest BCUT2D eigenvalue weighted by Crippen LogP contribution is 2.01. The van der Waals surface area contributed by atoms with E-state index in [0.717, 1.165) is 13.0 Å². The average molecular weight is 289 g/mol. The van der Waals surface area contributed by atoms with Crippen LogP contribution in [0.4, 0.5) is 0 Å². The van der Waals surface area contributed by atoms with Crippen LogP contribution in [0.1, 0.15) is 36.2 Å². The summed E-state index contributed by atoms with van der Waals surface area (Å²) in [6, 6.07) is 1.71. The molecule has 0 fully saturated rings. The summed E-state index contributed by atoms with van der Waals surface area (Å²) in [6.45, 7) is 6.48. The van der Waals surface area contributed by atoms with E-state index < -0.39 is 0 Å². The van der Waals surface area contributed by atoms with Gasteiger partial charge in [-0.25, -0.2) is 0 Å². The molecular formula is C16H23N3O2. The Morgan fingerprint density at radius 3 is 3.00 bits per heavy atom. The standard InChI is InChI=1S/C16H23N3O2/c1-13(2)12-21-8-4-7-19-16(20)15-9-14(5-3-6-17)10-18-11-15/h9-11,13H,4,6-8,12,17H2,1-2H3,(H,19,20). The van der Waals surface area contributed by atoms with Gasteiger partial charge < -0.3 is 15.8 Å². The Labute approximate surface area is 126 Å². The van der Waals surface area contributed by atoms with Crippen LogP contribution in [0, 0.1) is 17.8 Å². The molecule has 0 aliphatic rings. The number of carbonyl (C=O) groups excluding carboxylic acids is 1. The molecule has 1 aromatic rings. The molecule has 5 heteroatoms. The topological polar surface area (TPSA) is 77.2 Å². The minimum Gasteiger partial charge on any atom is -0.381 e. The smallest absolute Gasteiger partial charge is 0.252 e. The van der Waals surface area contributed by atoms with Crippen LogP contribution in [0.15, 0.2) is 18.5 Å². The zero-order valence-electron chi connectivity index (χ0n) is 12.7. The van der Waals surface area contributed by atoms with Crippen molar-refractivity contribution >= 4 is 5.91 Å². The molecule has 0 aromatic carbocycles. The van der Waals surface area contributed by atoms with Crippen LogP contribution in [0.5, 0.6) is 0 Å². The second-order valence-corrected chi connectivity index (χ2v) is 5.05. The third-order valence-corrected chi connectivity index (χ3v) is 2.54. The molecule has 0 saturated carbocycles. The highest BCUT2D eigenvalue weighted by molar-refractivity contribution is 5.94. The lowest BCUT2D eigenvalue weighted by atomic mass is 10.2. The summed E-state index contributed by atoms with van der Waals surface area (Å²) in [5.41, 5.74) is 6.50. The van der Waals surface area contributed by atoms with Gasteiger partial charge in [-0.3, -0.25) is 9.78 Å². The maximum absolute atomic E-state index is 11.9. The molecule has 0 unspecified atom stereocenters. The second-order valence-electron chi connectivity index (χ2n) is 5.05. The summed E-state index contributed by atoms with van der Waals surface area (Å²) in [5.74, 6) is 5.97. The number of nitrogens with one attached hydrogen (secondary N) is 1. The van der Waals surface area contributed by atoms with Gasteiger partial charge in [0, 0.05) is 37.7 Å². The predicted molar refractivity (Wildman–Crippen MR) is 82.8 cm³/mol. The molecule has 3 N–H and O–H groups in total. The number of aromatic nitrogens is 1. The first-order valence-corrected chi connectivity index (χ1v) is 7.13. The fraction of sp³-hybridized carbons (Fsp3) is 0.500. The van der Waals surface area contributed by atoms with Crippen LogP contribution < -0.4 is 11.1 Å². The number of carbonyl (C=O) groups is 1. The molecule has 0 spiro atoms. The zero-order valence-corrected chi connectivity index (χ0v) is 12.7. The number of rotatable bonds is 7. The Bertz CT molecular complexity index is 504. The number of amides is 1. The van der Waals surface area contributed by atoms with E-state index in [0.29, 0.717) is 30.2 Å². The van der Waals surface area contributed by atoms with Crippen molar-refractivity contribution in [3.63, 3.8) is 0 Å². The third-order valence-electron chi connectivity index (χ3n) is 2.54. The van der Waals surface area contributed by atoms with Crippen molar-refractivity contribution in [2.75, 3.05) is 26.3 Å². The molecule has 1 aromatic heterocycles. The van der Waals surface area contributed by atoms with Crippen LogP contribution in [0.3, 0.4) is 0 Å². The van der Waals surface area contributed by atoms with Crippen molar-refractivity contribution in [2.45, 2.75) is 20.3 Å². The van der Waals surface area contributed by atoms with Gasteiger partial charge in [-0.1, -0.05) is 25.7 Å². The summed E-state index contributed by atoms with van der Waals surface area (Å²) in [7, 11) is 0. The van der Waals surface area contributed by atoms with E-state index in [1.807, 2.05) is 0 Å². The fourth-order valence-electron chi connectivity index (χ4n) is 1.58. The van der Waals surface area contributed by atoms with E-state index in [1.54, 1.807) is 12.3 Å². The highest BCUT2D eigenvalue weighted by atomic mass is 16.5. The second kappa shape index (κ2) is 9.92. The van der Waals surface area contributed by atoms with Crippen LogP contribution in [0.2, 0.25) is 0 Å². The molecule has 1 amide bonds. The van der Waals surface area contributed by atoms with E-state index in [4.69, 9.17) is 10.5 Å². The van der Waals surface area contributed by atoms with Gasteiger partial charge in [-0.05, 0) is 18.4 Å². The van der Waals surface area contributed by atoms with Crippen molar-refractivity contribution in [1.29, 1.82) is 0 Å². The zero-order chi connectivity index (χ0) is 15.5. The molecule has 114 valence electrons. The van der Waals surface area contributed by atoms with Crippen LogP contribution in [0.25, 0.3) is 0 Å². The summed E-state index contributed by atoms with van der Waals surface area (Å²) >= 11 is 0. The molecule has 5 nitrogen and oxygen atoms in total. The third kappa shape index (κ3) is 7.45. The van der Waals surface area contributed by atoms with E-state index in [1.165, 1.54) is 6.20 Å². The van der Waals surface area contributed by atoms with Crippen molar-refractivity contribution in [1.82, 2.24) is 10.3 Å². The summed E-state index contributed by atoms with van der Waals surface area (Å²) in [6.07, 6.45) is 3.93. The first-order valence-electron chi connectivity index (χ1n) is 7.13. The number of hydrogen-bond donors (Lipinski definition) is 2. The molecule has 21 heavy (non-hydrogen) atoms. The van der Waals surface area contributed by atoms with Gasteiger partial charge >= 0.3 is 0 Å². The first kappa shape index (κ1) is 17.2. The van der Waals surface area contributed by atoms with Crippen molar-refractivity contribution in [3.05, 3.63) is 29.6 Å². The number of hydrogen-bond acceptors (Lipinski definition) is 4. The van der Waals surface area contributed by atoms with Crippen molar-refractivity contribution < 1.29 is 9.53 Å². The van der Waals surface area contributed by atoms with Gasteiger partial charge in [0.15, 0.2) is 0 Å². The number of nitrogens with two attached hydrogens (primary N) is 1. The summed E-state index contributed by atoms with van der Waals surface area (Å²) in [4.78, 5) is 16.0. The van der Waals surface area contributed by atoms with Gasteiger partial charge in [0.1, 0.15) is 0 Å². The molecule has 1 heterocycles. The Balaban J connectivity index is 2.35. The van der Waals surface area contributed by atoms with Crippen LogP contribution >= 0.6 is 0 Å². The molecule has 0 radical (unpaired) electrons. The average Bonchev–Trinajstić information content (AvgIpc) is 2.48. The van der Waals surface area contributed by atoms with E-state index in [2.05, 4.69) is 36.0 Å². The summed E-state index contributed by atoms with van der Waals surface area (Å²) < 4.78 is 5.45. The SMILES string of the molecule is CC(C)COCCCNC(=O)c1cncc(C#CCN)c1. The van der Waals surface area contributed by atoms with Gasteiger partial charge in [0.2, 0.25) is 0 Å². The minimum absolute atomic E-state index is 0.150. The van der Waals surface area contributed by atoms with Crippen LogP contribution in [-0.4, -0.2) is 37.2 Å². The van der Waals surface area contributed by atoms with Crippen molar-refractivity contribution in [3.8, 4) is 11.8 Å². The molecule has 0 aliphatic heterocycles. The van der Waals surface area contributed by atoms with Crippen molar-refractivity contribution in [2.24, 2.45) is 11.7 Å². The highest BCUT2D eigenvalue weighted by Gasteiger charge is 2.05. The van der Waals surface area contributed by atoms with Gasteiger partial charge in [-0.2, -0.15) is 0 Å². The Morgan fingerprint density at radius 2 is 2.29 bits per heavy atom. The number of pyridine rings is 1. The first-order chi connectivity index (χ1) is 10.1. The van der Waals surface area contributed by atoms with E-state index in [9.17, 15) is 4.79 Å². The monoisotopic (exact) mass is 289 g/mol. The Kier molecular flexibility index (Phi) is 8.10. The van der Waals surface area contributed by atoms with Gasteiger partial charge in [-0.15, -0.1) is 0 Å². The molecule has 0 saturated heterocycles. The lowest BCUT2D eigenvalue weighted by Gasteiger charge is -2.07. The Hall–Kier alpha value is -1.90. The normalized spacial score (nSPS) is 10.1. The van der Waals surface area contributed by atoms with Gasteiger partial charge in [0.25, 0.3) is 5.91 Å².